The molecule has 10 heteroatoms. The number of benzene rings is 1. The Hall–Kier alpha value is -3.07. The summed E-state index contributed by atoms with van der Waals surface area (Å²) >= 11 is 5.72. The third kappa shape index (κ3) is 4.48. The Kier molecular flexibility index (Phi) is 5.60. The number of halogens is 1. The van der Waals surface area contributed by atoms with E-state index in [2.05, 4.69) is 0 Å². The van der Waals surface area contributed by atoms with Gasteiger partial charge < -0.3 is 15.2 Å². The number of anilines is 1. The predicted octanol–water partition coefficient (Wildman–Crippen LogP) is 0.114. The summed E-state index contributed by atoms with van der Waals surface area (Å²) in [7, 11) is 1.29. The standard InChI is InChI=1S/C15H14ClN3O6/c1-19-13(17)12(14(22)18-15(19)23)10(20)6-25-11(21)7-24-9-4-2-8(16)3-5-9/h2-5H,6-7,17H2,1H3,(H,18,22,23). The number of esters is 1. The van der Waals surface area contributed by atoms with Crippen LogP contribution in [0.1, 0.15) is 10.4 Å². The third-order valence-electron chi connectivity index (χ3n) is 3.18. The number of rotatable bonds is 6. The van der Waals surface area contributed by atoms with Gasteiger partial charge in [0.05, 0.1) is 0 Å². The molecule has 0 spiro atoms. The van der Waals surface area contributed by atoms with Crippen LogP contribution in [-0.4, -0.2) is 34.5 Å². The molecule has 0 saturated heterocycles. The number of ether oxygens (including phenoxy) is 2. The largest absolute Gasteiger partial charge is 0.482 e. The van der Waals surface area contributed by atoms with Gasteiger partial charge in [0.15, 0.2) is 13.2 Å². The van der Waals surface area contributed by atoms with Gasteiger partial charge in [-0.2, -0.15) is 0 Å². The quantitative estimate of drug-likeness (QED) is 0.546. The molecule has 0 fully saturated rings. The highest BCUT2D eigenvalue weighted by molar-refractivity contribution is 6.30. The van der Waals surface area contributed by atoms with Gasteiger partial charge in [-0.15, -0.1) is 0 Å². The summed E-state index contributed by atoms with van der Waals surface area (Å²) in [6, 6.07) is 6.29. The van der Waals surface area contributed by atoms with Gasteiger partial charge in [-0.1, -0.05) is 11.6 Å². The van der Waals surface area contributed by atoms with Crippen LogP contribution in [0.15, 0.2) is 33.9 Å². The number of Topliss-reactive ketones (excluding diaryl/α,β-unsaturated/α-hetero) is 1. The lowest BCUT2D eigenvalue weighted by atomic mass is 10.2. The maximum Gasteiger partial charge on any atom is 0.344 e. The minimum absolute atomic E-state index is 0.313. The zero-order valence-corrected chi connectivity index (χ0v) is 13.8. The van der Waals surface area contributed by atoms with E-state index in [0.29, 0.717) is 10.8 Å². The molecule has 0 radical (unpaired) electrons. The average Bonchev–Trinajstić information content (AvgIpc) is 2.57. The van der Waals surface area contributed by atoms with Gasteiger partial charge in [-0.25, -0.2) is 9.59 Å². The van der Waals surface area contributed by atoms with Gasteiger partial charge in [-0.3, -0.25) is 19.1 Å². The summed E-state index contributed by atoms with van der Waals surface area (Å²) in [6.45, 7) is -1.15. The topological polar surface area (TPSA) is 133 Å². The van der Waals surface area contributed by atoms with Crippen molar-refractivity contribution in [2.24, 2.45) is 7.05 Å². The molecule has 0 atom stereocenters. The molecular formula is C15H14ClN3O6. The average molecular weight is 368 g/mol. The van der Waals surface area contributed by atoms with E-state index in [9.17, 15) is 19.2 Å². The number of nitrogens with two attached hydrogens (primary N) is 1. The maximum absolute atomic E-state index is 12.0. The van der Waals surface area contributed by atoms with Gasteiger partial charge in [0.25, 0.3) is 5.56 Å². The Bertz CT molecular complexity index is 916. The van der Waals surface area contributed by atoms with Gasteiger partial charge >= 0.3 is 11.7 Å². The summed E-state index contributed by atoms with van der Waals surface area (Å²) in [5, 5.41) is 0.514. The molecule has 0 bridgehead atoms. The van der Waals surface area contributed by atoms with Crippen molar-refractivity contribution in [1.82, 2.24) is 9.55 Å². The number of ketones is 1. The smallest absolute Gasteiger partial charge is 0.344 e. The SMILES string of the molecule is Cn1c(N)c(C(=O)COC(=O)COc2ccc(Cl)cc2)c(=O)[nH]c1=O. The lowest BCUT2D eigenvalue weighted by molar-refractivity contribution is -0.144. The zero-order valence-electron chi connectivity index (χ0n) is 13.1. The highest BCUT2D eigenvalue weighted by atomic mass is 35.5. The first-order valence-electron chi connectivity index (χ1n) is 6.95. The first-order valence-corrected chi connectivity index (χ1v) is 7.33. The Labute approximate surface area is 145 Å². The Balaban J connectivity index is 1.95. The fourth-order valence-electron chi connectivity index (χ4n) is 1.84. The molecule has 0 amide bonds. The van der Waals surface area contributed by atoms with Crippen LogP contribution in [0.2, 0.25) is 5.02 Å². The molecule has 0 unspecified atom stereocenters. The monoisotopic (exact) mass is 367 g/mol. The van der Waals surface area contributed by atoms with Crippen LogP contribution < -0.4 is 21.7 Å². The number of hydrogen-bond donors (Lipinski definition) is 2. The molecule has 0 aliphatic heterocycles. The molecule has 3 N–H and O–H groups in total. The van der Waals surface area contributed by atoms with Crippen molar-refractivity contribution >= 4 is 29.2 Å². The molecule has 0 aliphatic carbocycles. The molecular weight excluding hydrogens is 354 g/mol. The van der Waals surface area contributed by atoms with Crippen molar-refractivity contribution in [3.8, 4) is 5.75 Å². The number of aromatic nitrogens is 2. The summed E-state index contributed by atoms with van der Waals surface area (Å²) in [5.41, 5.74) is 3.43. The minimum atomic E-state index is -0.945. The van der Waals surface area contributed by atoms with Gasteiger partial charge in [0, 0.05) is 12.1 Å². The van der Waals surface area contributed by atoms with E-state index < -0.39 is 41.8 Å². The fraction of sp³-hybridized carbons (Fsp3) is 0.200. The highest BCUT2D eigenvalue weighted by Crippen LogP contribution is 2.15. The summed E-state index contributed by atoms with van der Waals surface area (Å²) < 4.78 is 10.8. The van der Waals surface area contributed by atoms with Gasteiger partial charge in [0.2, 0.25) is 5.78 Å². The third-order valence-corrected chi connectivity index (χ3v) is 3.44. The number of H-pyrrole nitrogens is 1. The number of aromatic amines is 1. The highest BCUT2D eigenvalue weighted by Gasteiger charge is 2.19. The van der Waals surface area contributed by atoms with Crippen molar-refractivity contribution in [3.63, 3.8) is 0 Å². The molecule has 2 aromatic rings. The van der Waals surface area contributed by atoms with E-state index in [4.69, 9.17) is 26.8 Å². The molecule has 2 rings (SSSR count). The molecule has 1 aromatic carbocycles. The van der Waals surface area contributed by atoms with Crippen molar-refractivity contribution in [3.05, 3.63) is 55.7 Å². The van der Waals surface area contributed by atoms with E-state index >= 15 is 0 Å². The number of nitrogens with one attached hydrogen (secondary N) is 1. The minimum Gasteiger partial charge on any atom is -0.482 e. The molecule has 25 heavy (non-hydrogen) atoms. The van der Waals surface area contributed by atoms with Crippen LogP contribution in [0.3, 0.4) is 0 Å². The Morgan fingerprint density at radius 3 is 2.48 bits per heavy atom. The fourth-order valence-corrected chi connectivity index (χ4v) is 1.97. The first-order chi connectivity index (χ1) is 11.8. The number of hydrogen-bond acceptors (Lipinski definition) is 7. The number of nitrogen functional groups attached to an aromatic ring is 1. The van der Waals surface area contributed by atoms with E-state index in [-0.39, 0.29) is 5.82 Å². The van der Waals surface area contributed by atoms with E-state index in [1.165, 1.54) is 7.05 Å². The molecule has 0 aliphatic rings. The van der Waals surface area contributed by atoms with E-state index in [1.54, 1.807) is 24.3 Å². The second kappa shape index (κ2) is 7.67. The van der Waals surface area contributed by atoms with Crippen LogP contribution in [-0.2, 0) is 16.6 Å². The lowest BCUT2D eigenvalue weighted by Gasteiger charge is -2.09. The molecule has 1 aromatic heterocycles. The zero-order chi connectivity index (χ0) is 18.6. The second-order valence-corrected chi connectivity index (χ2v) is 5.34. The molecule has 132 valence electrons. The number of carbonyl (C=O) groups is 2. The van der Waals surface area contributed by atoms with Crippen molar-refractivity contribution in [2.45, 2.75) is 0 Å². The van der Waals surface area contributed by atoms with Crippen LogP contribution in [0.4, 0.5) is 5.82 Å². The predicted molar refractivity (Wildman–Crippen MR) is 89.0 cm³/mol. The van der Waals surface area contributed by atoms with Gasteiger partial charge in [-0.05, 0) is 24.3 Å². The molecule has 9 nitrogen and oxygen atoms in total. The van der Waals surface area contributed by atoms with Crippen LogP contribution in [0.5, 0.6) is 5.75 Å². The number of carbonyl (C=O) groups excluding carboxylic acids is 2. The molecule has 0 saturated carbocycles. The van der Waals surface area contributed by atoms with E-state index in [0.717, 1.165) is 4.57 Å². The van der Waals surface area contributed by atoms with Gasteiger partial charge in [0.1, 0.15) is 17.1 Å². The normalized spacial score (nSPS) is 10.3. The maximum atomic E-state index is 12.0. The van der Waals surface area contributed by atoms with Crippen molar-refractivity contribution < 1.29 is 19.1 Å². The summed E-state index contributed by atoms with van der Waals surface area (Å²) in [6.07, 6.45) is 0. The second-order valence-electron chi connectivity index (χ2n) is 4.90. The van der Waals surface area contributed by atoms with Crippen LogP contribution in [0.25, 0.3) is 0 Å². The van der Waals surface area contributed by atoms with Crippen LogP contribution in [0, 0.1) is 0 Å². The summed E-state index contributed by atoms with van der Waals surface area (Å²) in [5.74, 6) is -1.57. The van der Waals surface area contributed by atoms with Crippen molar-refractivity contribution in [1.29, 1.82) is 0 Å². The van der Waals surface area contributed by atoms with Crippen molar-refractivity contribution in [2.75, 3.05) is 18.9 Å². The first kappa shape index (κ1) is 18.3. The summed E-state index contributed by atoms with van der Waals surface area (Å²) in [4.78, 5) is 48.6. The Morgan fingerprint density at radius 1 is 1.20 bits per heavy atom. The van der Waals surface area contributed by atoms with Crippen LogP contribution >= 0.6 is 11.6 Å². The Morgan fingerprint density at radius 2 is 1.84 bits per heavy atom. The van der Waals surface area contributed by atoms with E-state index in [1.807, 2.05) is 4.98 Å². The lowest BCUT2D eigenvalue weighted by Crippen LogP contribution is -2.36. The molecule has 1 heterocycles. The number of nitrogens with zero attached hydrogens (tertiary/aromatic N) is 1.